The predicted octanol–water partition coefficient (Wildman–Crippen LogP) is 1.73. The lowest BCUT2D eigenvalue weighted by molar-refractivity contribution is 0.0403. The van der Waals surface area contributed by atoms with Crippen molar-refractivity contribution in [3.8, 4) is 0 Å². The summed E-state index contributed by atoms with van der Waals surface area (Å²) in [6.45, 7) is 0.512. The molecule has 1 saturated carbocycles. The smallest absolute Gasteiger partial charge is 0.356 e. The number of carbonyl (C=O) groups is 1. The molecule has 88 valence electrons. The van der Waals surface area contributed by atoms with E-state index in [1.54, 1.807) is 0 Å². The lowest BCUT2D eigenvalue weighted by Gasteiger charge is -2.20. The lowest BCUT2D eigenvalue weighted by Crippen LogP contribution is -2.17. The van der Waals surface area contributed by atoms with E-state index < -0.39 is 0 Å². The zero-order valence-electron chi connectivity index (χ0n) is 9.24. The summed E-state index contributed by atoms with van der Waals surface area (Å²) >= 11 is 0. The highest BCUT2D eigenvalue weighted by Crippen LogP contribution is 2.23. The van der Waals surface area contributed by atoms with Crippen molar-refractivity contribution in [2.24, 2.45) is 5.92 Å². The van der Waals surface area contributed by atoms with Crippen LogP contribution in [0, 0.1) is 5.92 Å². The van der Waals surface area contributed by atoms with E-state index in [9.17, 15) is 4.79 Å². The van der Waals surface area contributed by atoms with Gasteiger partial charge in [-0.1, -0.05) is 19.3 Å². The van der Waals surface area contributed by atoms with E-state index in [0.29, 0.717) is 24.0 Å². The van der Waals surface area contributed by atoms with Gasteiger partial charge >= 0.3 is 5.97 Å². The van der Waals surface area contributed by atoms with Crippen LogP contribution in [0.25, 0.3) is 0 Å². The monoisotopic (exact) mass is 223 g/mol. The Labute approximate surface area is 94.4 Å². The number of nitrogens with zero attached hydrogens (tertiary/aromatic N) is 1. The molecule has 5 nitrogen and oxygen atoms in total. The van der Waals surface area contributed by atoms with E-state index in [1.165, 1.54) is 38.2 Å². The van der Waals surface area contributed by atoms with Crippen LogP contribution in [0.3, 0.4) is 0 Å². The Bertz CT molecular complexity index is 356. The molecule has 0 amide bonds. The van der Waals surface area contributed by atoms with Crippen molar-refractivity contribution in [1.29, 1.82) is 0 Å². The summed E-state index contributed by atoms with van der Waals surface area (Å²) in [7, 11) is 0. The van der Waals surface area contributed by atoms with Crippen molar-refractivity contribution in [1.82, 2.24) is 10.2 Å². The fourth-order valence-electron chi connectivity index (χ4n) is 2.07. The molecule has 3 N–H and O–H groups in total. The number of aromatic nitrogens is 2. The second kappa shape index (κ2) is 5.01. The van der Waals surface area contributed by atoms with Crippen LogP contribution in [-0.2, 0) is 4.74 Å². The Morgan fingerprint density at radius 2 is 2.25 bits per heavy atom. The van der Waals surface area contributed by atoms with E-state index in [2.05, 4.69) is 10.2 Å². The first-order valence-electron chi connectivity index (χ1n) is 5.73. The largest absolute Gasteiger partial charge is 0.461 e. The molecule has 1 aliphatic rings. The number of nitrogen functional groups attached to an aromatic ring is 1. The van der Waals surface area contributed by atoms with E-state index >= 15 is 0 Å². The van der Waals surface area contributed by atoms with Crippen LogP contribution in [0.15, 0.2) is 6.07 Å². The number of nitrogens with one attached hydrogen (secondary N) is 1. The third kappa shape index (κ3) is 2.74. The molecule has 0 spiro atoms. The van der Waals surface area contributed by atoms with Gasteiger partial charge in [0.05, 0.1) is 6.61 Å². The maximum Gasteiger partial charge on any atom is 0.356 e. The molecule has 0 unspecified atom stereocenters. The molecular formula is C11H17N3O2. The van der Waals surface area contributed by atoms with Crippen LogP contribution in [-0.4, -0.2) is 22.8 Å². The molecule has 1 fully saturated rings. The van der Waals surface area contributed by atoms with Gasteiger partial charge in [-0.25, -0.2) is 4.79 Å². The topological polar surface area (TPSA) is 81.0 Å². The summed E-state index contributed by atoms with van der Waals surface area (Å²) in [5.41, 5.74) is 5.73. The number of carbonyl (C=O) groups excluding carboxylic acids is 1. The Balaban J connectivity index is 1.79. The number of ether oxygens (including phenoxy) is 1. The Hall–Kier alpha value is -1.52. The molecule has 5 heteroatoms. The molecule has 0 aromatic carbocycles. The Kier molecular flexibility index (Phi) is 3.44. The minimum Gasteiger partial charge on any atom is -0.461 e. The van der Waals surface area contributed by atoms with Gasteiger partial charge in [0.15, 0.2) is 0 Å². The summed E-state index contributed by atoms with van der Waals surface area (Å²) in [5, 5.41) is 6.23. The van der Waals surface area contributed by atoms with Crippen LogP contribution < -0.4 is 5.73 Å². The molecule has 0 bridgehead atoms. The minimum atomic E-state index is -0.366. The maximum atomic E-state index is 11.6. The fourth-order valence-corrected chi connectivity index (χ4v) is 2.07. The number of H-pyrrole nitrogens is 1. The maximum absolute atomic E-state index is 11.6. The average molecular weight is 223 g/mol. The SMILES string of the molecule is Nc1cc(C(=O)OCC2CCCCC2)[nH]n1. The lowest BCUT2D eigenvalue weighted by atomic mass is 9.90. The molecule has 0 aliphatic heterocycles. The molecule has 1 aromatic rings. The molecule has 0 saturated heterocycles. The Morgan fingerprint density at radius 1 is 1.50 bits per heavy atom. The molecule has 1 heterocycles. The van der Waals surface area contributed by atoms with E-state index in [1.807, 2.05) is 0 Å². The summed E-state index contributed by atoms with van der Waals surface area (Å²) in [6, 6.07) is 1.49. The number of anilines is 1. The minimum absolute atomic E-state index is 0.310. The highest BCUT2D eigenvalue weighted by molar-refractivity contribution is 5.87. The molecule has 2 rings (SSSR count). The quantitative estimate of drug-likeness (QED) is 0.764. The molecule has 1 aliphatic carbocycles. The molecular weight excluding hydrogens is 206 g/mol. The van der Waals surface area contributed by atoms with Crippen LogP contribution >= 0.6 is 0 Å². The van der Waals surface area contributed by atoms with Gasteiger partial charge in [-0.15, -0.1) is 0 Å². The van der Waals surface area contributed by atoms with Crippen LogP contribution in [0.1, 0.15) is 42.6 Å². The number of hydrogen-bond acceptors (Lipinski definition) is 4. The van der Waals surface area contributed by atoms with Gasteiger partial charge in [0.1, 0.15) is 11.5 Å². The Morgan fingerprint density at radius 3 is 2.88 bits per heavy atom. The summed E-state index contributed by atoms with van der Waals surface area (Å²) in [5.74, 6) is 0.470. The predicted molar refractivity (Wildman–Crippen MR) is 59.9 cm³/mol. The van der Waals surface area contributed by atoms with Crippen molar-refractivity contribution in [3.05, 3.63) is 11.8 Å². The third-order valence-corrected chi connectivity index (χ3v) is 2.99. The van der Waals surface area contributed by atoms with Crippen molar-refractivity contribution >= 4 is 11.8 Å². The third-order valence-electron chi connectivity index (χ3n) is 2.99. The molecule has 1 aromatic heterocycles. The van der Waals surface area contributed by atoms with Gasteiger partial charge in [0, 0.05) is 6.07 Å². The van der Waals surface area contributed by atoms with Crippen molar-refractivity contribution in [2.45, 2.75) is 32.1 Å². The van der Waals surface area contributed by atoms with Gasteiger partial charge in [-0.2, -0.15) is 5.10 Å². The van der Waals surface area contributed by atoms with Crippen LogP contribution in [0.4, 0.5) is 5.82 Å². The normalized spacial score (nSPS) is 17.2. The van der Waals surface area contributed by atoms with Gasteiger partial charge in [-0.3, -0.25) is 5.10 Å². The van der Waals surface area contributed by atoms with Crippen LogP contribution in [0.2, 0.25) is 0 Å². The zero-order valence-corrected chi connectivity index (χ0v) is 9.24. The van der Waals surface area contributed by atoms with Crippen molar-refractivity contribution in [3.63, 3.8) is 0 Å². The fraction of sp³-hybridized carbons (Fsp3) is 0.636. The molecule has 0 atom stereocenters. The first kappa shape index (κ1) is 11.0. The molecule has 0 radical (unpaired) electrons. The number of rotatable bonds is 3. The second-order valence-corrected chi connectivity index (χ2v) is 4.31. The number of aromatic amines is 1. The first-order valence-corrected chi connectivity index (χ1v) is 5.73. The van der Waals surface area contributed by atoms with Gasteiger partial charge in [0.2, 0.25) is 0 Å². The standard InChI is InChI=1S/C11H17N3O2/c12-10-6-9(13-14-10)11(15)16-7-8-4-2-1-3-5-8/h6,8H,1-5,7H2,(H3,12,13,14). The van der Waals surface area contributed by atoms with Gasteiger partial charge in [-0.05, 0) is 18.8 Å². The first-order chi connectivity index (χ1) is 7.75. The highest BCUT2D eigenvalue weighted by Gasteiger charge is 2.17. The van der Waals surface area contributed by atoms with Gasteiger partial charge in [0.25, 0.3) is 0 Å². The van der Waals surface area contributed by atoms with E-state index in [-0.39, 0.29) is 5.97 Å². The van der Waals surface area contributed by atoms with E-state index in [0.717, 1.165) is 0 Å². The zero-order chi connectivity index (χ0) is 11.4. The van der Waals surface area contributed by atoms with Gasteiger partial charge < -0.3 is 10.5 Å². The molecule has 16 heavy (non-hydrogen) atoms. The average Bonchev–Trinajstić information content (AvgIpc) is 2.74. The van der Waals surface area contributed by atoms with Crippen molar-refractivity contribution < 1.29 is 9.53 Å². The number of hydrogen-bond donors (Lipinski definition) is 2. The van der Waals surface area contributed by atoms with Crippen molar-refractivity contribution in [2.75, 3.05) is 12.3 Å². The second-order valence-electron chi connectivity index (χ2n) is 4.31. The number of nitrogens with two attached hydrogens (primary N) is 1. The summed E-state index contributed by atoms with van der Waals surface area (Å²) < 4.78 is 5.22. The van der Waals surface area contributed by atoms with Crippen LogP contribution in [0.5, 0.6) is 0 Å². The summed E-state index contributed by atoms with van der Waals surface area (Å²) in [6.07, 6.45) is 6.14. The number of esters is 1. The van der Waals surface area contributed by atoms with E-state index in [4.69, 9.17) is 10.5 Å². The summed E-state index contributed by atoms with van der Waals surface area (Å²) in [4.78, 5) is 11.6. The highest BCUT2D eigenvalue weighted by atomic mass is 16.5.